The number of halogens is 1. The molecule has 118 valence electrons. The Hall–Kier alpha value is -0.620. The minimum atomic E-state index is 0.0291. The number of morpholine rings is 1. The number of aliphatic hydroxyl groups is 1. The van der Waals surface area contributed by atoms with Crippen molar-refractivity contribution in [2.24, 2.45) is 0 Å². The molecule has 4 nitrogen and oxygen atoms in total. The molecule has 1 saturated heterocycles. The smallest absolute Gasteiger partial charge is 0.0755 e. The molecule has 1 aromatic rings. The number of nitrogens with zero attached hydrogens (tertiary/aromatic N) is 1. The molecule has 2 N–H and O–H groups in total. The summed E-state index contributed by atoms with van der Waals surface area (Å²) in [5.74, 6) is 0. The topological polar surface area (TPSA) is 44.7 Å². The van der Waals surface area contributed by atoms with Crippen LogP contribution in [0.2, 0.25) is 0 Å². The van der Waals surface area contributed by atoms with Crippen LogP contribution in [0.25, 0.3) is 0 Å². The maximum atomic E-state index is 9.59. The lowest BCUT2D eigenvalue weighted by Crippen LogP contribution is -2.48. The van der Waals surface area contributed by atoms with Crippen molar-refractivity contribution in [2.45, 2.75) is 38.9 Å². The minimum Gasteiger partial charge on any atom is -0.394 e. The molecule has 0 bridgehead atoms. The lowest BCUT2D eigenvalue weighted by Gasteiger charge is -2.38. The van der Waals surface area contributed by atoms with E-state index in [2.05, 4.69) is 65.1 Å². The van der Waals surface area contributed by atoms with Crippen molar-refractivity contribution in [1.29, 1.82) is 0 Å². The van der Waals surface area contributed by atoms with E-state index in [9.17, 15) is 5.11 Å². The van der Waals surface area contributed by atoms with Crippen LogP contribution >= 0.6 is 15.9 Å². The summed E-state index contributed by atoms with van der Waals surface area (Å²) < 4.78 is 6.54. The summed E-state index contributed by atoms with van der Waals surface area (Å²) in [4.78, 5) is 2.26. The summed E-state index contributed by atoms with van der Waals surface area (Å²) in [7, 11) is 0. The molecule has 0 aliphatic carbocycles. The van der Waals surface area contributed by atoms with E-state index in [-0.39, 0.29) is 18.2 Å². The highest BCUT2D eigenvalue weighted by atomic mass is 79.9. The van der Waals surface area contributed by atoms with Crippen LogP contribution in [0.15, 0.2) is 22.7 Å². The number of rotatable bonds is 4. The molecule has 5 heteroatoms. The summed E-state index contributed by atoms with van der Waals surface area (Å²) in [6.07, 6.45) is 0. The van der Waals surface area contributed by atoms with Gasteiger partial charge < -0.3 is 20.1 Å². The first-order chi connectivity index (χ1) is 9.90. The Labute approximate surface area is 135 Å². The second-order valence-corrected chi connectivity index (χ2v) is 7.40. The van der Waals surface area contributed by atoms with Crippen molar-refractivity contribution < 1.29 is 9.84 Å². The lowest BCUT2D eigenvalue weighted by molar-refractivity contribution is 0.0726. The molecule has 2 rings (SSSR count). The predicted molar refractivity (Wildman–Crippen MR) is 89.8 cm³/mol. The standard InChI is InChI=1S/C16H25BrN2O2/c1-16(2,3)18-9-12-4-5-13(17)8-15(12)19-6-7-21-11-14(19)10-20/h4-5,8,14,18,20H,6-7,9-11H2,1-3H3. The van der Waals surface area contributed by atoms with Gasteiger partial charge in [-0.2, -0.15) is 0 Å². The van der Waals surface area contributed by atoms with Crippen LogP contribution in [0.3, 0.4) is 0 Å². The highest BCUT2D eigenvalue weighted by molar-refractivity contribution is 9.10. The van der Waals surface area contributed by atoms with Crippen molar-refractivity contribution >= 4 is 21.6 Å². The van der Waals surface area contributed by atoms with Gasteiger partial charge in [0, 0.05) is 28.8 Å². The molecule has 0 spiro atoms. The van der Waals surface area contributed by atoms with Crippen LogP contribution in [-0.4, -0.2) is 43.1 Å². The highest BCUT2D eigenvalue weighted by Gasteiger charge is 2.24. The van der Waals surface area contributed by atoms with E-state index in [4.69, 9.17) is 4.74 Å². The van der Waals surface area contributed by atoms with Crippen LogP contribution in [-0.2, 0) is 11.3 Å². The molecule has 0 radical (unpaired) electrons. The van der Waals surface area contributed by atoms with Crippen molar-refractivity contribution in [3.8, 4) is 0 Å². The third kappa shape index (κ3) is 4.68. The fraction of sp³-hybridized carbons (Fsp3) is 0.625. The van der Waals surface area contributed by atoms with E-state index in [1.807, 2.05) is 0 Å². The number of hydrogen-bond donors (Lipinski definition) is 2. The van der Waals surface area contributed by atoms with Gasteiger partial charge in [-0.15, -0.1) is 0 Å². The van der Waals surface area contributed by atoms with Crippen molar-refractivity contribution in [2.75, 3.05) is 31.3 Å². The zero-order valence-corrected chi connectivity index (χ0v) is 14.6. The Balaban J connectivity index is 2.25. The average Bonchev–Trinajstić information content (AvgIpc) is 2.45. The van der Waals surface area contributed by atoms with Gasteiger partial charge in [-0.3, -0.25) is 0 Å². The first-order valence-electron chi connectivity index (χ1n) is 7.39. The van der Waals surface area contributed by atoms with Gasteiger partial charge >= 0.3 is 0 Å². The van der Waals surface area contributed by atoms with Gasteiger partial charge in [0.25, 0.3) is 0 Å². The SMILES string of the molecule is CC(C)(C)NCc1ccc(Br)cc1N1CCOCC1CO. The number of aliphatic hydroxyl groups excluding tert-OH is 1. The van der Waals surface area contributed by atoms with Gasteiger partial charge in [-0.1, -0.05) is 22.0 Å². The fourth-order valence-electron chi connectivity index (χ4n) is 2.44. The van der Waals surface area contributed by atoms with Crippen LogP contribution in [0.5, 0.6) is 0 Å². The van der Waals surface area contributed by atoms with Gasteiger partial charge in [0.05, 0.1) is 25.9 Å². The summed E-state index contributed by atoms with van der Waals surface area (Å²) in [5.41, 5.74) is 2.49. The number of benzene rings is 1. The van der Waals surface area contributed by atoms with E-state index < -0.39 is 0 Å². The number of nitrogens with one attached hydrogen (secondary N) is 1. The molecule has 0 saturated carbocycles. The maximum Gasteiger partial charge on any atom is 0.0755 e. The largest absolute Gasteiger partial charge is 0.394 e. The summed E-state index contributed by atoms with van der Waals surface area (Å²) in [6, 6.07) is 6.37. The molecule has 1 aliphatic rings. The van der Waals surface area contributed by atoms with Crippen LogP contribution in [0, 0.1) is 0 Å². The molecule has 1 atom stereocenters. The summed E-state index contributed by atoms with van der Waals surface area (Å²) in [6.45, 7) is 9.50. The predicted octanol–water partition coefficient (Wildman–Crippen LogP) is 2.53. The molecule has 1 aromatic carbocycles. The molecule has 0 aromatic heterocycles. The Morgan fingerprint density at radius 1 is 1.43 bits per heavy atom. The quantitative estimate of drug-likeness (QED) is 0.869. The Morgan fingerprint density at radius 3 is 2.86 bits per heavy atom. The molecule has 0 amide bonds. The second kappa shape index (κ2) is 7.09. The van der Waals surface area contributed by atoms with Crippen LogP contribution < -0.4 is 10.2 Å². The molecular weight excluding hydrogens is 332 g/mol. The van der Waals surface area contributed by atoms with E-state index in [1.54, 1.807) is 0 Å². The zero-order valence-electron chi connectivity index (χ0n) is 13.0. The number of ether oxygens (including phenoxy) is 1. The van der Waals surface area contributed by atoms with Crippen molar-refractivity contribution in [3.63, 3.8) is 0 Å². The van der Waals surface area contributed by atoms with Crippen LogP contribution in [0.1, 0.15) is 26.3 Å². The van der Waals surface area contributed by atoms with Gasteiger partial charge in [0.15, 0.2) is 0 Å². The third-order valence-electron chi connectivity index (χ3n) is 3.60. The summed E-state index contributed by atoms with van der Waals surface area (Å²) >= 11 is 3.55. The molecule has 21 heavy (non-hydrogen) atoms. The minimum absolute atomic E-state index is 0.0291. The Morgan fingerprint density at radius 2 is 2.19 bits per heavy atom. The van der Waals surface area contributed by atoms with Gasteiger partial charge in [0.1, 0.15) is 0 Å². The fourth-order valence-corrected chi connectivity index (χ4v) is 2.79. The molecule has 1 heterocycles. The van der Waals surface area contributed by atoms with Crippen molar-refractivity contribution in [3.05, 3.63) is 28.2 Å². The first-order valence-corrected chi connectivity index (χ1v) is 8.19. The monoisotopic (exact) mass is 356 g/mol. The number of anilines is 1. The third-order valence-corrected chi connectivity index (χ3v) is 4.10. The lowest BCUT2D eigenvalue weighted by atomic mass is 10.1. The Bertz CT molecular complexity index is 474. The summed E-state index contributed by atoms with van der Waals surface area (Å²) in [5, 5.41) is 13.1. The Kier molecular flexibility index (Phi) is 5.66. The first kappa shape index (κ1) is 16.7. The van der Waals surface area contributed by atoms with Gasteiger partial charge in [-0.25, -0.2) is 0 Å². The maximum absolute atomic E-state index is 9.59. The average molecular weight is 357 g/mol. The van der Waals surface area contributed by atoms with Gasteiger partial charge in [-0.05, 0) is 38.5 Å². The molecule has 1 unspecified atom stereocenters. The van der Waals surface area contributed by atoms with E-state index in [0.717, 1.165) is 17.6 Å². The highest BCUT2D eigenvalue weighted by Crippen LogP contribution is 2.28. The van der Waals surface area contributed by atoms with Crippen molar-refractivity contribution in [1.82, 2.24) is 5.32 Å². The van der Waals surface area contributed by atoms with Crippen LogP contribution in [0.4, 0.5) is 5.69 Å². The van der Waals surface area contributed by atoms with E-state index in [1.165, 1.54) is 11.3 Å². The normalized spacial score (nSPS) is 19.9. The molecular formula is C16H25BrN2O2. The zero-order chi connectivity index (χ0) is 15.5. The molecule has 1 aliphatic heterocycles. The molecule has 1 fully saturated rings. The van der Waals surface area contributed by atoms with Gasteiger partial charge in [0.2, 0.25) is 0 Å². The van der Waals surface area contributed by atoms with E-state index >= 15 is 0 Å². The second-order valence-electron chi connectivity index (χ2n) is 6.48. The number of hydrogen-bond acceptors (Lipinski definition) is 4. The van der Waals surface area contributed by atoms with E-state index in [0.29, 0.717) is 13.2 Å².